The molecular formula is C46H31N3. The predicted molar refractivity (Wildman–Crippen MR) is 207 cm³/mol. The third-order valence-electron chi connectivity index (χ3n) is 9.87. The minimum atomic E-state index is 1.12. The number of anilines is 3. The smallest absolute Gasteiger partial charge is 0.0542 e. The number of benzene rings is 8. The topological polar surface area (TPSA) is 13.1 Å². The van der Waals surface area contributed by atoms with Crippen molar-refractivity contribution in [1.29, 1.82) is 0 Å². The second-order valence-electron chi connectivity index (χ2n) is 12.6. The van der Waals surface area contributed by atoms with Gasteiger partial charge in [0.2, 0.25) is 0 Å². The van der Waals surface area contributed by atoms with Crippen molar-refractivity contribution in [3.05, 3.63) is 188 Å². The Hall–Kier alpha value is -6.58. The van der Waals surface area contributed by atoms with E-state index in [4.69, 9.17) is 0 Å². The van der Waals surface area contributed by atoms with Gasteiger partial charge in [0.25, 0.3) is 0 Å². The van der Waals surface area contributed by atoms with Gasteiger partial charge >= 0.3 is 0 Å². The fourth-order valence-corrected chi connectivity index (χ4v) is 7.74. The highest BCUT2D eigenvalue weighted by molar-refractivity contribution is 6.13. The lowest BCUT2D eigenvalue weighted by atomic mass is 10.0. The second kappa shape index (κ2) is 11.0. The van der Waals surface area contributed by atoms with Crippen LogP contribution in [0.25, 0.3) is 65.8 Å². The number of fused-ring (bicyclic) bond motifs is 7. The van der Waals surface area contributed by atoms with Crippen molar-refractivity contribution in [2.75, 3.05) is 4.90 Å². The van der Waals surface area contributed by atoms with Crippen LogP contribution in [0.2, 0.25) is 0 Å². The van der Waals surface area contributed by atoms with Crippen LogP contribution in [0.5, 0.6) is 0 Å². The Morgan fingerprint density at radius 3 is 1.29 bits per heavy atom. The van der Waals surface area contributed by atoms with E-state index in [0.717, 1.165) is 28.4 Å². The normalized spacial score (nSPS) is 11.7. The fraction of sp³-hybridized carbons (Fsp3) is 0. The summed E-state index contributed by atoms with van der Waals surface area (Å²) >= 11 is 0. The highest BCUT2D eigenvalue weighted by atomic mass is 15.1. The Labute approximate surface area is 284 Å². The van der Waals surface area contributed by atoms with Gasteiger partial charge in [0, 0.05) is 49.7 Å². The molecule has 0 unspecified atom stereocenters. The van der Waals surface area contributed by atoms with Gasteiger partial charge in [0.05, 0.1) is 27.8 Å². The van der Waals surface area contributed by atoms with Gasteiger partial charge in [-0.2, -0.15) is 0 Å². The van der Waals surface area contributed by atoms with Crippen molar-refractivity contribution >= 4 is 71.4 Å². The molecule has 0 fully saturated rings. The Balaban J connectivity index is 1.26. The molecule has 3 heteroatoms. The van der Waals surface area contributed by atoms with Crippen molar-refractivity contribution < 1.29 is 0 Å². The van der Waals surface area contributed by atoms with Gasteiger partial charge in [-0.05, 0) is 84.2 Å². The number of para-hydroxylation sites is 4. The van der Waals surface area contributed by atoms with Gasteiger partial charge in [0.15, 0.2) is 0 Å². The highest BCUT2D eigenvalue weighted by Crippen LogP contribution is 2.44. The van der Waals surface area contributed by atoms with Crippen LogP contribution in [0.4, 0.5) is 17.1 Å². The molecule has 0 bridgehead atoms. The zero-order chi connectivity index (χ0) is 32.3. The molecule has 0 atom stereocenters. The van der Waals surface area contributed by atoms with E-state index in [1.807, 2.05) is 0 Å². The van der Waals surface area contributed by atoms with Crippen LogP contribution in [-0.4, -0.2) is 9.13 Å². The minimum absolute atomic E-state index is 1.12. The molecule has 2 heterocycles. The van der Waals surface area contributed by atoms with Crippen LogP contribution >= 0.6 is 0 Å². The van der Waals surface area contributed by atoms with E-state index in [1.54, 1.807) is 0 Å². The van der Waals surface area contributed by atoms with Crippen molar-refractivity contribution in [3.8, 4) is 11.4 Å². The summed E-state index contributed by atoms with van der Waals surface area (Å²) in [6.45, 7) is 0. The van der Waals surface area contributed by atoms with E-state index in [-0.39, 0.29) is 0 Å². The Bertz CT molecular complexity index is 2660. The Kier molecular flexibility index (Phi) is 6.18. The third kappa shape index (κ3) is 4.29. The van der Waals surface area contributed by atoms with Gasteiger partial charge in [-0.1, -0.05) is 109 Å². The second-order valence-corrected chi connectivity index (χ2v) is 12.6. The van der Waals surface area contributed by atoms with Gasteiger partial charge in [0.1, 0.15) is 0 Å². The summed E-state index contributed by atoms with van der Waals surface area (Å²) in [4.78, 5) is 2.43. The van der Waals surface area contributed by atoms with E-state index in [0.29, 0.717) is 0 Å². The summed E-state index contributed by atoms with van der Waals surface area (Å²) in [6.07, 6.45) is 0. The van der Waals surface area contributed by atoms with Gasteiger partial charge in [-0.15, -0.1) is 0 Å². The summed E-state index contributed by atoms with van der Waals surface area (Å²) in [5.41, 5.74) is 10.5. The first-order valence-corrected chi connectivity index (χ1v) is 16.8. The van der Waals surface area contributed by atoms with Crippen LogP contribution in [0, 0.1) is 0 Å². The molecule has 230 valence electrons. The standard InChI is InChI=1S/C46H31N3/c1-3-16-33(17-4-1)48-43-23-11-9-21-38(43)40-30-35(26-28-45(40)48)47(42-25-13-15-32-14-7-8-20-37(32)42)36-27-29-46-41(31-36)39-22-10-12-24-44(39)49(46)34-18-5-2-6-19-34/h1-31H. The molecule has 0 aliphatic heterocycles. The van der Waals surface area contributed by atoms with Crippen molar-refractivity contribution in [3.63, 3.8) is 0 Å². The molecule has 0 radical (unpaired) electrons. The van der Waals surface area contributed by atoms with Crippen molar-refractivity contribution in [1.82, 2.24) is 9.13 Å². The molecule has 10 aromatic rings. The van der Waals surface area contributed by atoms with Crippen molar-refractivity contribution in [2.24, 2.45) is 0 Å². The number of hydrogen-bond acceptors (Lipinski definition) is 1. The molecule has 8 aromatic carbocycles. The predicted octanol–water partition coefficient (Wildman–Crippen LogP) is 12.5. The van der Waals surface area contributed by atoms with E-state index in [1.165, 1.54) is 54.4 Å². The molecule has 0 saturated carbocycles. The first-order valence-electron chi connectivity index (χ1n) is 16.8. The quantitative estimate of drug-likeness (QED) is 0.185. The molecular weight excluding hydrogens is 595 g/mol. The van der Waals surface area contributed by atoms with Gasteiger partial charge in [-0.25, -0.2) is 0 Å². The molecule has 3 nitrogen and oxygen atoms in total. The van der Waals surface area contributed by atoms with Crippen LogP contribution in [0.15, 0.2) is 188 Å². The highest BCUT2D eigenvalue weighted by Gasteiger charge is 2.20. The molecule has 0 saturated heterocycles. The Morgan fingerprint density at radius 1 is 0.306 bits per heavy atom. The summed E-state index contributed by atoms with van der Waals surface area (Å²) < 4.78 is 4.75. The molecule has 0 aliphatic carbocycles. The average Bonchev–Trinajstić information content (AvgIpc) is 3.68. The zero-order valence-electron chi connectivity index (χ0n) is 26.7. The number of aromatic nitrogens is 2. The van der Waals surface area contributed by atoms with E-state index in [9.17, 15) is 0 Å². The van der Waals surface area contributed by atoms with Crippen LogP contribution in [0.1, 0.15) is 0 Å². The molecule has 0 spiro atoms. The molecule has 10 rings (SSSR count). The SMILES string of the molecule is c1ccc(-n2c3ccccc3c3cc(N(c4ccc5c(c4)c4ccccc4n5-c4ccccc4)c4cccc5ccccc45)ccc32)cc1. The molecule has 0 amide bonds. The maximum Gasteiger partial charge on any atom is 0.0542 e. The lowest BCUT2D eigenvalue weighted by Crippen LogP contribution is -2.10. The van der Waals surface area contributed by atoms with E-state index >= 15 is 0 Å². The fourth-order valence-electron chi connectivity index (χ4n) is 7.74. The average molecular weight is 626 g/mol. The maximum absolute atomic E-state index is 2.43. The largest absolute Gasteiger partial charge is 0.310 e. The zero-order valence-corrected chi connectivity index (χ0v) is 26.7. The third-order valence-corrected chi connectivity index (χ3v) is 9.87. The maximum atomic E-state index is 2.43. The minimum Gasteiger partial charge on any atom is -0.310 e. The van der Waals surface area contributed by atoms with E-state index < -0.39 is 0 Å². The molecule has 0 N–H and O–H groups in total. The van der Waals surface area contributed by atoms with E-state index in [2.05, 4.69) is 202 Å². The first-order chi connectivity index (χ1) is 24.3. The van der Waals surface area contributed by atoms with Crippen LogP contribution < -0.4 is 4.90 Å². The Morgan fingerprint density at radius 2 is 0.735 bits per heavy atom. The lowest BCUT2D eigenvalue weighted by Gasteiger charge is -2.27. The number of nitrogens with zero attached hydrogens (tertiary/aromatic N) is 3. The lowest BCUT2D eigenvalue weighted by molar-refractivity contribution is 1.18. The monoisotopic (exact) mass is 625 g/mol. The molecule has 0 aliphatic rings. The van der Waals surface area contributed by atoms with Gasteiger partial charge in [-0.3, -0.25) is 0 Å². The van der Waals surface area contributed by atoms with Gasteiger partial charge < -0.3 is 14.0 Å². The summed E-state index contributed by atoms with van der Waals surface area (Å²) in [5, 5.41) is 7.36. The number of hydrogen-bond donors (Lipinski definition) is 0. The van der Waals surface area contributed by atoms with Crippen molar-refractivity contribution in [2.45, 2.75) is 0 Å². The molecule has 49 heavy (non-hydrogen) atoms. The first kappa shape index (κ1) is 27.5. The summed E-state index contributed by atoms with van der Waals surface area (Å²) in [5.74, 6) is 0. The van der Waals surface area contributed by atoms with Crippen LogP contribution in [-0.2, 0) is 0 Å². The number of rotatable bonds is 5. The molecule has 2 aromatic heterocycles. The summed E-state index contributed by atoms with van der Waals surface area (Å²) in [7, 11) is 0. The van der Waals surface area contributed by atoms with Crippen LogP contribution in [0.3, 0.4) is 0 Å². The summed E-state index contributed by atoms with van der Waals surface area (Å²) in [6, 6.07) is 68.0.